The zero-order valence-corrected chi connectivity index (χ0v) is 12.3. The van der Waals surface area contributed by atoms with Crippen molar-refractivity contribution in [2.24, 2.45) is 0 Å². The summed E-state index contributed by atoms with van der Waals surface area (Å²) >= 11 is 0. The fourth-order valence-corrected chi connectivity index (χ4v) is 2.47. The van der Waals surface area contributed by atoms with Gasteiger partial charge in [-0.2, -0.15) is 0 Å². The summed E-state index contributed by atoms with van der Waals surface area (Å²) in [7, 11) is 0. The minimum atomic E-state index is -0.975. The molecular formula is C18H14O5. The van der Waals surface area contributed by atoms with E-state index in [2.05, 4.69) is 0 Å². The Morgan fingerprint density at radius 1 is 1.13 bits per heavy atom. The fourth-order valence-electron chi connectivity index (χ4n) is 2.47. The number of carboxylic acid groups (broad SMARTS) is 1. The van der Waals surface area contributed by atoms with Gasteiger partial charge in [0.05, 0.1) is 11.3 Å². The van der Waals surface area contributed by atoms with Gasteiger partial charge in [0.15, 0.2) is 0 Å². The molecule has 23 heavy (non-hydrogen) atoms. The number of fused-ring (bicyclic) bond motifs is 1. The van der Waals surface area contributed by atoms with E-state index in [-0.39, 0.29) is 16.9 Å². The second kappa shape index (κ2) is 5.61. The topological polar surface area (TPSA) is 87.7 Å². The number of carboxylic acids is 1. The Morgan fingerprint density at radius 3 is 2.48 bits per heavy atom. The van der Waals surface area contributed by atoms with Gasteiger partial charge in [-0.25, -0.2) is 4.79 Å². The lowest BCUT2D eigenvalue weighted by molar-refractivity contribution is -0.138. The summed E-state index contributed by atoms with van der Waals surface area (Å²) in [5.74, 6) is -1.88. The van der Waals surface area contributed by atoms with Crippen LogP contribution in [0, 0.1) is 0 Å². The Balaban J connectivity index is 2.23. The second-order valence-electron chi connectivity index (χ2n) is 5.29. The molecule has 0 fully saturated rings. The van der Waals surface area contributed by atoms with Gasteiger partial charge in [0.1, 0.15) is 16.9 Å². The van der Waals surface area contributed by atoms with Crippen molar-refractivity contribution in [1.82, 2.24) is 0 Å². The molecule has 0 aliphatic heterocycles. The van der Waals surface area contributed by atoms with Crippen molar-refractivity contribution in [1.29, 1.82) is 0 Å². The van der Waals surface area contributed by atoms with E-state index in [1.807, 2.05) is 6.07 Å². The number of aromatic hydroxyl groups is 1. The Morgan fingerprint density at radius 2 is 1.83 bits per heavy atom. The first kappa shape index (κ1) is 14.8. The predicted molar refractivity (Wildman–Crippen MR) is 85.6 cm³/mol. The number of hydrogen-bond donors (Lipinski definition) is 2. The highest BCUT2D eigenvalue weighted by Crippen LogP contribution is 2.34. The number of carbonyl (C=O) groups is 1. The summed E-state index contributed by atoms with van der Waals surface area (Å²) in [6, 6.07) is 13.4. The van der Waals surface area contributed by atoms with Gasteiger partial charge in [-0.1, -0.05) is 36.4 Å². The van der Waals surface area contributed by atoms with Crippen LogP contribution in [0.3, 0.4) is 0 Å². The molecule has 0 aliphatic carbocycles. The average molecular weight is 310 g/mol. The Kier molecular flexibility index (Phi) is 3.62. The highest BCUT2D eigenvalue weighted by molar-refractivity contribution is 5.91. The molecule has 0 radical (unpaired) electrons. The van der Waals surface area contributed by atoms with Crippen molar-refractivity contribution in [3.8, 4) is 16.9 Å². The van der Waals surface area contributed by atoms with Gasteiger partial charge in [0.25, 0.3) is 0 Å². The Hall–Kier alpha value is -3.08. The fraction of sp³-hybridized carbons (Fsp3) is 0.111. The monoisotopic (exact) mass is 310 g/mol. The Bertz CT molecular complexity index is 941. The third-order valence-corrected chi connectivity index (χ3v) is 3.84. The van der Waals surface area contributed by atoms with E-state index in [0.29, 0.717) is 16.5 Å². The van der Waals surface area contributed by atoms with Crippen LogP contribution in [0.15, 0.2) is 57.7 Å². The standard InChI is InChI=1S/C18H14O5/c1-10(17(20)21)12-7-8-13-14(9-12)23-18(22)15(16(13)19)11-5-3-2-4-6-11/h2-10,19H,1H3,(H,20,21). The summed E-state index contributed by atoms with van der Waals surface area (Å²) in [4.78, 5) is 23.3. The maximum Gasteiger partial charge on any atom is 0.347 e. The third-order valence-electron chi connectivity index (χ3n) is 3.84. The molecule has 0 aliphatic rings. The Labute approximate surface area is 131 Å². The van der Waals surface area contributed by atoms with Crippen LogP contribution in [0.4, 0.5) is 0 Å². The van der Waals surface area contributed by atoms with Gasteiger partial charge in [-0.3, -0.25) is 4.79 Å². The van der Waals surface area contributed by atoms with E-state index in [0.717, 1.165) is 0 Å². The summed E-state index contributed by atoms with van der Waals surface area (Å²) in [6.45, 7) is 1.54. The van der Waals surface area contributed by atoms with Gasteiger partial charge >= 0.3 is 11.6 Å². The first-order valence-electron chi connectivity index (χ1n) is 7.07. The molecular weight excluding hydrogens is 296 g/mol. The smallest absolute Gasteiger partial charge is 0.347 e. The van der Waals surface area contributed by atoms with Crippen molar-refractivity contribution >= 4 is 16.9 Å². The second-order valence-corrected chi connectivity index (χ2v) is 5.29. The first-order chi connectivity index (χ1) is 11.0. The van der Waals surface area contributed by atoms with Crippen LogP contribution in [-0.4, -0.2) is 16.2 Å². The molecule has 0 bridgehead atoms. The van der Waals surface area contributed by atoms with Crippen molar-refractivity contribution < 1.29 is 19.4 Å². The molecule has 5 heteroatoms. The van der Waals surface area contributed by atoms with Crippen LogP contribution in [-0.2, 0) is 4.79 Å². The van der Waals surface area contributed by atoms with E-state index in [1.54, 1.807) is 43.3 Å². The van der Waals surface area contributed by atoms with Crippen LogP contribution in [0.5, 0.6) is 5.75 Å². The van der Waals surface area contributed by atoms with Gasteiger partial charge in [0.2, 0.25) is 0 Å². The molecule has 1 aromatic heterocycles. The van der Waals surface area contributed by atoms with Crippen LogP contribution < -0.4 is 5.63 Å². The van der Waals surface area contributed by atoms with Crippen LogP contribution in [0.2, 0.25) is 0 Å². The van der Waals surface area contributed by atoms with Crippen molar-refractivity contribution in [3.63, 3.8) is 0 Å². The molecule has 0 spiro atoms. The van der Waals surface area contributed by atoms with Crippen molar-refractivity contribution in [3.05, 3.63) is 64.5 Å². The average Bonchev–Trinajstić information content (AvgIpc) is 2.54. The first-order valence-corrected chi connectivity index (χ1v) is 7.07. The van der Waals surface area contributed by atoms with Crippen LogP contribution in [0.25, 0.3) is 22.1 Å². The van der Waals surface area contributed by atoms with Crippen LogP contribution in [0.1, 0.15) is 18.4 Å². The van der Waals surface area contributed by atoms with Crippen molar-refractivity contribution in [2.45, 2.75) is 12.8 Å². The lowest BCUT2D eigenvalue weighted by Crippen LogP contribution is -2.08. The van der Waals surface area contributed by atoms with E-state index in [4.69, 9.17) is 9.52 Å². The highest BCUT2D eigenvalue weighted by atomic mass is 16.4. The number of hydrogen-bond acceptors (Lipinski definition) is 4. The zero-order chi connectivity index (χ0) is 16.6. The molecule has 0 saturated carbocycles. The molecule has 2 aromatic carbocycles. The molecule has 2 N–H and O–H groups in total. The largest absolute Gasteiger partial charge is 0.506 e. The summed E-state index contributed by atoms with van der Waals surface area (Å²) in [6.07, 6.45) is 0. The number of rotatable bonds is 3. The van der Waals surface area contributed by atoms with Crippen molar-refractivity contribution in [2.75, 3.05) is 0 Å². The maximum absolute atomic E-state index is 12.2. The predicted octanol–water partition coefficient (Wildman–Crippen LogP) is 3.35. The lowest BCUT2D eigenvalue weighted by atomic mass is 9.98. The number of aliphatic carboxylic acids is 1. The van der Waals surface area contributed by atoms with Gasteiger partial charge in [-0.05, 0) is 30.2 Å². The maximum atomic E-state index is 12.2. The van der Waals surface area contributed by atoms with E-state index < -0.39 is 17.5 Å². The van der Waals surface area contributed by atoms with Gasteiger partial charge in [0, 0.05) is 0 Å². The molecule has 1 atom stereocenters. The normalized spacial score (nSPS) is 12.2. The summed E-state index contributed by atoms with van der Waals surface area (Å²) in [5, 5.41) is 19.9. The molecule has 0 amide bonds. The quantitative estimate of drug-likeness (QED) is 0.724. The highest BCUT2D eigenvalue weighted by Gasteiger charge is 2.19. The third kappa shape index (κ3) is 2.57. The zero-order valence-electron chi connectivity index (χ0n) is 12.3. The minimum Gasteiger partial charge on any atom is -0.506 e. The molecule has 5 nitrogen and oxygen atoms in total. The van der Waals surface area contributed by atoms with E-state index >= 15 is 0 Å². The SMILES string of the molecule is CC(C(=O)O)c1ccc2c(O)c(-c3ccccc3)c(=O)oc2c1. The summed E-state index contributed by atoms with van der Waals surface area (Å²) < 4.78 is 5.29. The molecule has 116 valence electrons. The molecule has 0 saturated heterocycles. The molecule has 3 rings (SSSR count). The number of benzene rings is 2. The van der Waals surface area contributed by atoms with Gasteiger partial charge in [-0.15, -0.1) is 0 Å². The minimum absolute atomic E-state index is 0.0946. The molecule has 3 aromatic rings. The van der Waals surface area contributed by atoms with E-state index in [9.17, 15) is 14.7 Å². The molecule has 1 unspecified atom stereocenters. The lowest BCUT2D eigenvalue weighted by Gasteiger charge is -2.10. The van der Waals surface area contributed by atoms with Crippen LogP contribution >= 0.6 is 0 Å². The van der Waals surface area contributed by atoms with Gasteiger partial charge < -0.3 is 14.6 Å². The summed E-state index contributed by atoms with van der Waals surface area (Å²) in [5.41, 5.74) is 0.653. The van der Waals surface area contributed by atoms with E-state index in [1.165, 1.54) is 6.07 Å². The molecule has 1 heterocycles.